The number of carbonyl (C=O) groups excluding carboxylic acids is 2. The molecule has 0 atom stereocenters. The predicted molar refractivity (Wildman–Crippen MR) is 130 cm³/mol. The maximum absolute atomic E-state index is 12.0. The molecule has 0 heterocycles. The van der Waals surface area contributed by atoms with Gasteiger partial charge in [-0.3, -0.25) is 9.59 Å². The number of benzene rings is 3. The van der Waals surface area contributed by atoms with Crippen LogP contribution in [-0.2, 0) is 16.2 Å². The summed E-state index contributed by atoms with van der Waals surface area (Å²) in [6.07, 6.45) is 1.56. The summed E-state index contributed by atoms with van der Waals surface area (Å²) >= 11 is 9.40. The van der Waals surface area contributed by atoms with Crippen LogP contribution < -0.4 is 15.5 Å². The fourth-order valence-corrected chi connectivity index (χ4v) is 3.08. The van der Waals surface area contributed by atoms with Crippen molar-refractivity contribution in [2.24, 2.45) is 5.10 Å². The molecule has 0 aliphatic heterocycles. The van der Waals surface area contributed by atoms with Gasteiger partial charge in [0.1, 0.15) is 12.4 Å². The van der Waals surface area contributed by atoms with E-state index in [1.54, 1.807) is 24.3 Å². The summed E-state index contributed by atoms with van der Waals surface area (Å²) in [5.74, 6) is 0.0830. The van der Waals surface area contributed by atoms with E-state index in [9.17, 15) is 9.59 Å². The standard InChI is InChI=1S/C24H21BrClN3O3/c25-19-9-5-18(6-10-19)16-32-20-11-7-17(8-12-20)15-27-29-24(31)14-13-23(30)28-22-4-2-1-3-21(22)26/h1-12,15H,13-14,16H2,(H,28,30)(H,29,31). The van der Waals surface area contributed by atoms with Gasteiger partial charge in [0.2, 0.25) is 11.8 Å². The van der Waals surface area contributed by atoms with E-state index in [1.165, 1.54) is 6.21 Å². The van der Waals surface area contributed by atoms with Crippen LogP contribution in [0.25, 0.3) is 0 Å². The predicted octanol–water partition coefficient (Wildman–Crippen LogP) is 5.55. The fraction of sp³-hybridized carbons (Fsp3) is 0.125. The Kier molecular flexibility index (Phi) is 8.83. The number of anilines is 1. The molecule has 0 saturated heterocycles. The van der Waals surface area contributed by atoms with Crippen molar-refractivity contribution in [3.63, 3.8) is 0 Å². The van der Waals surface area contributed by atoms with Crippen molar-refractivity contribution in [2.75, 3.05) is 5.32 Å². The van der Waals surface area contributed by atoms with Gasteiger partial charge in [-0.15, -0.1) is 0 Å². The van der Waals surface area contributed by atoms with Gasteiger partial charge in [0, 0.05) is 17.3 Å². The van der Waals surface area contributed by atoms with Gasteiger partial charge in [0.05, 0.1) is 16.9 Å². The number of nitrogens with zero attached hydrogens (tertiary/aromatic N) is 1. The number of para-hydroxylation sites is 1. The molecule has 6 nitrogen and oxygen atoms in total. The lowest BCUT2D eigenvalue weighted by Gasteiger charge is -2.07. The maximum atomic E-state index is 12.0. The van der Waals surface area contributed by atoms with E-state index in [-0.39, 0.29) is 24.7 Å². The number of carbonyl (C=O) groups is 2. The molecular weight excluding hydrogens is 494 g/mol. The third kappa shape index (κ3) is 7.83. The first-order chi connectivity index (χ1) is 15.5. The average Bonchev–Trinajstić information content (AvgIpc) is 2.80. The summed E-state index contributed by atoms with van der Waals surface area (Å²) < 4.78 is 6.78. The second-order valence-electron chi connectivity index (χ2n) is 6.81. The molecule has 3 rings (SSSR count). The third-order valence-electron chi connectivity index (χ3n) is 4.33. The van der Waals surface area contributed by atoms with Gasteiger partial charge in [0.15, 0.2) is 0 Å². The number of hydrogen-bond donors (Lipinski definition) is 2. The largest absolute Gasteiger partial charge is 0.489 e. The van der Waals surface area contributed by atoms with Gasteiger partial charge in [-0.25, -0.2) is 5.43 Å². The van der Waals surface area contributed by atoms with Crippen LogP contribution in [0.3, 0.4) is 0 Å². The molecule has 0 saturated carbocycles. The average molecular weight is 515 g/mol. The Morgan fingerprint density at radius 1 is 0.938 bits per heavy atom. The summed E-state index contributed by atoms with van der Waals surface area (Å²) in [4.78, 5) is 23.9. The Morgan fingerprint density at radius 3 is 2.34 bits per heavy atom. The van der Waals surface area contributed by atoms with Crippen LogP contribution >= 0.6 is 27.5 Å². The minimum absolute atomic E-state index is 0.0104. The number of hydrogen-bond acceptors (Lipinski definition) is 4. The van der Waals surface area contributed by atoms with E-state index < -0.39 is 0 Å². The van der Waals surface area contributed by atoms with Gasteiger partial charge >= 0.3 is 0 Å². The smallest absolute Gasteiger partial charge is 0.240 e. The van der Waals surface area contributed by atoms with Crippen molar-refractivity contribution in [3.8, 4) is 5.75 Å². The minimum Gasteiger partial charge on any atom is -0.489 e. The molecule has 3 aromatic carbocycles. The number of ether oxygens (including phenoxy) is 1. The molecule has 0 aliphatic carbocycles. The first kappa shape index (κ1) is 23.5. The summed E-state index contributed by atoms with van der Waals surface area (Å²) in [6, 6.07) is 22.2. The van der Waals surface area contributed by atoms with Crippen LogP contribution in [0.15, 0.2) is 82.4 Å². The molecule has 2 amide bonds. The van der Waals surface area contributed by atoms with Crippen LogP contribution in [0.1, 0.15) is 24.0 Å². The monoisotopic (exact) mass is 513 g/mol. The maximum Gasteiger partial charge on any atom is 0.240 e. The van der Waals surface area contributed by atoms with Crippen LogP contribution in [-0.4, -0.2) is 18.0 Å². The summed E-state index contributed by atoms with van der Waals surface area (Å²) in [7, 11) is 0. The molecule has 0 aliphatic rings. The van der Waals surface area contributed by atoms with Gasteiger partial charge < -0.3 is 10.1 Å². The molecule has 0 aromatic heterocycles. The minimum atomic E-state index is -0.356. The zero-order valence-electron chi connectivity index (χ0n) is 17.1. The zero-order valence-corrected chi connectivity index (χ0v) is 19.4. The SMILES string of the molecule is O=C(CCC(=O)Nc1ccccc1Cl)NN=Cc1ccc(OCc2ccc(Br)cc2)cc1. The zero-order chi connectivity index (χ0) is 22.8. The van der Waals surface area contributed by atoms with Crippen molar-refractivity contribution in [2.45, 2.75) is 19.4 Å². The lowest BCUT2D eigenvalue weighted by molar-refractivity contribution is -0.124. The highest BCUT2D eigenvalue weighted by molar-refractivity contribution is 9.10. The molecular formula is C24H21BrClN3O3. The highest BCUT2D eigenvalue weighted by Crippen LogP contribution is 2.20. The van der Waals surface area contributed by atoms with Crippen molar-refractivity contribution in [1.82, 2.24) is 5.43 Å². The number of halogens is 2. The second-order valence-corrected chi connectivity index (χ2v) is 8.13. The van der Waals surface area contributed by atoms with Crippen molar-refractivity contribution in [1.29, 1.82) is 0 Å². The van der Waals surface area contributed by atoms with Crippen LogP contribution in [0.2, 0.25) is 5.02 Å². The first-order valence-corrected chi connectivity index (χ1v) is 11.0. The van der Waals surface area contributed by atoms with Crippen molar-refractivity contribution in [3.05, 3.63) is 93.4 Å². The van der Waals surface area contributed by atoms with E-state index in [1.807, 2.05) is 48.5 Å². The Balaban J connectivity index is 1.38. The van der Waals surface area contributed by atoms with Crippen molar-refractivity contribution >= 4 is 51.2 Å². The van der Waals surface area contributed by atoms with Crippen LogP contribution in [0.5, 0.6) is 5.75 Å². The van der Waals surface area contributed by atoms with Crippen molar-refractivity contribution < 1.29 is 14.3 Å². The first-order valence-electron chi connectivity index (χ1n) is 9.83. The number of nitrogens with one attached hydrogen (secondary N) is 2. The lowest BCUT2D eigenvalue weighted by Crippen LogP contribution is -2.20. The molecule has 0 fully saturated rings. The molecule has 32 heavy (non-hydrogen) atoms. The molecule has 8 heteroatoms. The molecule has 3 aromatic rings. The summed E-state index contributed by atoms with van der Waals surface area (Å²) in [5.41, 5.74) is 4.81. The number of rotatable bonds is 9. The quantitative estimate of drug-likeness (QED) is 0.290. The van der Waals surface area contributed by atoms with E-state index in [4.69, 9.17) is 16.3 Å². The fourth-order valence-electron chi connectivity index (χ4n) is 2.63. The van der Waals surface area contributed by atoms with E-state index in [0.717, 1.165) is 21.3 Å². The highest BCUT2D eigenvalue weighted by atomic mass is 79.9. The van der Waals surface area contributed by atoms with E-state index in [0.29, 0.717) is 17.3 Å². The van der Waals surface area contributed by atoms with Crippen LogP contribution in [0.4, 0.5) is 5.69 Å². The van der Waals surface area contributed by atoms with Gasteiger partial charge in [-0.1, -0.05) is 51.8 Å². The van der Waals surface area contributed by atoms with Gasteiger partial charge in [-0.05, 0) is 59.7 Å². The number of amides is 2. The van der Waals surface area contributed by atoms with Gasteiger partial charge in [-0.2, -0.15) is 5.10 Å². The third-order valence-corrected chi connectivity index (χ3v) is 5.19. The number of hydrazone groups is 1. The molecule has 164 valence electrons. The van der Waals surface area contributed by atoms with E-state index in [2.05, 4.69) is 31.8 Å². The molecule has 0 unspecified atom stereocenters. The molecule has 2 N–H and O–H groups in total. The molecule has 0 radical (unpaired) electrons. The highest BCUT2D eigenvalue weighted by Gasteiger charge is 2.08. The van der Waals surface area contributed by atoms with Gasteiger partial charge in [0.25, 0.3) is 0 Å². The summed E-state index contributed by atoms with van der Waals surface area (Å²) in [6.45, 7) is 0.473. The van der Waals surface area contributed by atoms with Crippen LogP contribution in [0, 0.1) is 0 Å². The lowest BCUT2D eigenvalue weighted by atomic mass is 10.2. The molecule has 0 bridgehead atoms. The Morgan fingerprint density at radius 2 is 1.62 bits per heavy atom. The Bertz CT molecular complexity index is 1090. The normalized spacial score (nSPS) is 10.7. The second kappa shape index (κ2) is 12.0. The van der Waals surface area contributed by atoms with E-state index >= 15 is 0 Å². The molecule has 0 spiro atoms. The summed E-state index contributed by atoms with van der Waals surface area (Å²) in [5, 5.41) is 7.04. The Hall–Kier alpha value is -3.16. The topological polar surface area (TPSA) is 79.8 Å². The Labute approximate surface area is 199 Å².